The number of hydrogen-bond acceptors (Lipinski definition) is 5. The number of methoxy groups -OCH3 is 1. The van der Waals surface area contributed by atoms with Gasteiger partial charge < -0.3 is 20.5 Å². The van der Waals surface area contributed by atoms with Crippen LogP contribution in [0.4, 0.5) is 16.2 Å². The van der Waals surface area contributed by atoms with Crippen LogP contribution >= 0.6 is 0 Å². The summed E-state index contributed by atoms with van der Waals surface area (Å²) >= 11 is 0. The fourth-order valence-electron chi connectivity index (χ4n) is 2.99. The fourth-order valence-corrected chi connectivity index (χ4v) is 2.99. The summed E-state index contributed by atoms with van der Waals surface area (Å²) in [6, 6.07) is 14.2. The smallest absolute Gasteiger partial charge is 0.410 e. The lowest BCUT2D eigenvalue weighted by atomic mass is 10.1. The molecule has 2 aromatic rings. The average molecular weight is 369 g/mol. The van der Waals surface area contributed by atoms with Crippen LogP contribution in [0.3, 0.4) is 0 Å². The number of anilines is 2. The number of para-hydroxylation sites is 2. The summed E-state index contributed by atoms with van der Waals surface area (Å²) in [7, 11) is 1.37. The van der Waals surface area contributed by atoms with Crippen molar-refractivity contribution in [2.24, 2.45) is 0 Å². The molecule has 142 valence electrons. The van der Waals surface area contributed by atoms with Gasteiger partial charge in [-0.05, 0) is 36.2 Å². The number of hydrogen-bond donors (Lipinski definition) is 2. The normalized spacial score (nSPS) is 16.0. The van der Waals surface area contributed by atoms with Gasteiger partial charge >= 0.3 is 6.09 Å². The van der Waals surface area contributed by atoms with Gasteiger partial charge in [0, 0.05) is 18.7 Å². The van der Waals surface area contributed by atoms with E-state index in [0.29, 0.717) is 36.7 Å². The molecule has 7 nitrogen and oxygen atoms in total. The SMILES string of the molecule is COC(=O)N(Cc1ccc(C(=O)Nc2ccccc2N)cc1)C1CCOC1. The largest absolute Gasteiger partial charge is 0.453 e. The minimum Gasteiger partial charge on any atom is -0.453 e. The molecule has 1 aliphatic rings. The Morgan fingerprint density at radius 3 is 2.59 bits per heavy atom. The molecule has 3 N–H and O–H groups in total. The lowest BCUT2D eigenvalue weighted by molar-refractivity contribution is 0.0928. The van der Waals surface area contributed by atoms with Gasteiger partial charge in [0.05, 0.1) is 31.1 Å². The molecule has 0 aromatic heterocycles. The van der Waals surface area contributed by atoms with Crippen molar-refractivity contribution in [3.05, 3.63) is 59.7 Å². The van der Waals surface area contributed by atoms with Crippen LogP contribution in [0, 0.1) is 0 Å². The zero-order valence-electron chi connectivity index (χ0n) is 15.2. The summed E-state index contributed by atoms with van der Waals surface area (Å²) in [6.45, 7) is 1.54. The molecule has 1 saturated heterocycles. The first kappa shape index (κ1) is 18.7. The van der Waals surface area contributed by atoms with Crippen molar-refractivity contribution in [2.75, 3.05) is 31.4 Å². The van der Waals surface area contributed by atoms with E-state index < -0.39 is 0 Å². The summed E-state index contributed by atoms with van der Waals surface area (Å²) in [4.78, 5) is 26.1. The zero-order chi connectivity index (χ0) is 19.2. The van der Waals surface area contributed by atoms with Gasteiger partial charge in [0.1, 0.15) is 0 Å². The van der Waals surface area contributed by atoms with E-state index in [1.54, 1.807) is 29.2 Å². The van der Waals surface area contributed by atoms with E-state index in [9.17, 15) is 9.59 Å². The van der Waals surface area contributed by atoms with Crippen molar-refractivity contribution in [1.82, 2.24) is 4.90 Å². The summed E-state index contributed by atoms with van der Waals surface area (Å²) in [5, 5.41) is 2.79. The van der Waals surface area contributed by atoms with Crippen LogP contribution in [-0.2, 0) is 16.0 Å². The Balaban J connectivity index is 1.67. The highest BCUT2D eigenvalue weighted by Gasteiger charge is 2.28. The predicted octanol–water partition coefficient (Wildman–Crippen LogP) is 2.88. The van der Waals surface area contributed by atoms with Gasteiger partial charge in [-0.3, -0.25) is 9.69 Å². The minimum atomic E-state index is -0.383. The number of rotatable bonds is 5. The van der Waals surface area contributed by atoms with E-state index in [4.69, 9.17) is 15.2 Å². The van der Waals surface area contributed by atoms with Crippen LogP contribution in [0.5, 0.6) is 0 Å². The molecule has 27 heavy (non-hydrogen) atoms. The van der Waals surface area contributed by atoms with Gasteiger partial charge in [-0.15, -0.1) is 0 Å². The quantitative estimate of drug-likeness (QED) is 0.791. The third kappa shape index (κ3) is 4.57. The molecule has 1 fully saturated rings. The number of nitrogens with zero attached hydrogens (tertiary/aromatic N) is 1. The molecule has 0 spiro atoms. The lowest BCUT2D eigenvalue weighted by Crippen LogP contribution is -2.40. The molecule has 1 heterocycles. The molecule has 0 aliphatic carbocycles. The molecule has 2 aromatic carbocycles. The number of benzene rings is 2. The second kappa shape index (κ2) is 8.55. The molecular formula is C20H23N3O4. The second-order valence-corrected chi connectivity index (χ2v) is 6.35. The van der Waals surface area contributed by atoms with Gasteiger partial charge in [0.2, 0.25) is 0 Å². The Morgan fingerprint density at radius 2 is 1.96 bits per heavy atom. The van der Waals surface area contributed by atoms with E-state index in [1.807, 2.05) is 24.3 Å². The maximum absolute atomic E-state index is 12.4. The zero-order valence-corrected chi connectivity index (χ0v) is 15.2. The molecule has 2 amide bonds. The van der Waals surface area contributed by atoms with E-state index in [-0.39, 0.29) is 18.0 Å². The molecule has 1 atom stereocenters. The van der Waals surface area contributed by atoms with Crippen molar-refractivity contribution in [2.45, 2.75) is 19.0 Å². The van der Waals surface area contributed by atoms with Crippen LogP contribution < -0.4 is 11.1 Å². The third-order valence-electron chi connectivity index (χ3n) is 4.53. The number of nitrogens with two attached hydrogens (primary N) is 1. The van der Waals surface area contributed by atoms with Gasteiger partial charge in [-0.2, -0.15) is 0 Å². The second-order valence-electron chi connectivity index (χ2n) is 6.35. The van der Waals surface area contributed by atoms with E-state index in [1.165, 1.54) is 7.11 Å². The average Bonchev–Trinajstić information content (AvgIpc) is 3.22. The van der Waals surface area contributed by atoms with E-state index >= 15 is 0 Å². The molecule has 1 unspecified atom stereocenters. The Kier molecular flexibility index (Phi) is 5.93. The van der Waals surface area contributed by atoms with Crippen LogP contribution in [0.15, 0.2) is 48.5 Å². The van der Waals surface area contributed by atoms with Gasteiger partial charge in [-0.25, -0.2) is 4.79 Å². The Labute approximate surface area is 158 Å². The highest BCUT2D eigenvalue weighted by molar-refractivity contribution is 6.05. The number of nitrogen functional groups attached to an aromatic ring is 1. The number of carbonyl (C=O) groups excluding carboxylic acids is 2. The van der Waals surface area contributed by atoms with Gasteiger partial charge in [0.15, 0.2) is 0 Å². The standard InChI is InChI=1S/C20H23N3O4/c1-26-20(25)23(16-10-11-27-13-16)12-14-6-8-15(9-7-14)19(24)22-18-5-3-2-4-17(18)21/h2-9,16H,10-13,21H2,1H3,(H,22,24). The Bertz CT molecular complexity index is 801. The predicted molar refractivity (Wildman–Crippen MR) is 102 cm³/mol. The first-order valence-electron chi connectivity index (χ1n) is 8.75. The third-order valence-corrected chi connectivity index (χ3v) is 4.53. The number of nitrogens with one attached hydrogen (secondary N) is 1. The highest BCUT2D eigenvalue weighted by Crippen LogP contribution is 2.20. The van der Waals surface area contributed by atoms with E-state index in [2.05, 4.69) is 5.32 Å². The summed E-state index contributed by atoms with van der Waals surface area (Å²) in [6.07, 6.45) is 0.403. The van der Waals surface area contributed by atoms with Crippen molar-refractivity contribution >= 4 is 23.4 Å². The van der Waals surface area contributed by atoms with Gasteiger partial charge in [0.25, 0.3) is 5.91 Å². The molecule has 1 aliphatic heterocycles. The van der Waals surface area contributed by atoms with Crippen LogP contribution in [-0.4, -0.2) is 43.3 Å². The summed E-state index contributed by atoms with van der Waals surface area (Å²) < 4.78 is 10.3. The topological polar surface area (TPSA) is 93.9 Å². The highest BCUT2D eigenvalue weighted by atomic mass is 16.5. The number of ether oxygens (including phenoxy) is 2. The van der Waals surface area contributed by atoms with Crippen molar-refractivity contribution < 1.29 is 19.1 Å². The van der Waals surface area contributed by atoms with Crippen LogP contribution in [0.25, 0.3) is 0 Å². The fraction of sp³-hybridized carbons (Fsp3) is 0.300. The van der Waals surface area contributed by atoms with E-state index in [0.717, 1.165) is 12.0 Å². The Hall–Kier alpha value is -3.06. The summed E-state index contributed by atoms with van der Waals surface area (Å²) in [5.41, 5.74) is 8.35. The number of amides is 2. The molecular weight excluding hydrogens is 346 g/mol. The Morgan fingerprint density at radius 1 is 1.22 bits per heavy atom. The van der Waals surface area contributed by atoms with Crippen LogP contribution in [0.1, 0.15) is 22.3 Å². The molecule has 7 heteroatoms. The van der Waals surface area contributed by atoms with Crippen molar-refractivity contribution in [1.29, 1.82) is 0 Å². The number of carbonyl (C=O) groups is 2. The first-order valence-corrected chi connectivity index (χ1v) is 8.75. The maximum atomic E-state index is 12.4. The molecule has 0 bridgehead atoms. The first-order chi connectivity index (χ1) is 13.1. The molecule has 0 radical (unpaired) electrons. The van der Waals surface area contributed by atoms with Crippen LogP contribution in [0.2, 0.25) is 0 Å². The van der Waals surface area contributed by atoms with Crippen molar-refractivity contribution in [3.63, 3.8) is 0 Å². The molecule has 3 rings (SSSR count). The van der Waals surface area contributed by atoms with Crippen molar-refractivity contribution in [3.8, 4) is 0 Å². The lowest BCUT2D eigenvalue weighted by Gasteiger charge is -2.26. The summed E-state index contributed by atoms with van der Waals surface area (Å²) in [5.74, 6) is -0.242. The van der Waals surface area contributed by atoms with Gasteiger partial charge in [-0.1, -0.05) is 24.3 Å². The molecule has 0 saturated carbocycles. The maximum Gasteiger partial charge on any atom is 0.410 e. The minimum absolute atomic E-state index is 0.00137. The monoisotopic (exact) mass is 369 g/mol.